The van der Waals surface area contributed by atoms with Gasteiger partial charge in [0.25, 0.3) is 5.91 Å². The van der Waals surface area contributed by atoms with E-state index < -0.39 is 11.6 Å². The van der Waals surface area contributed by atoms with E-state index in [2.05, 4.69) is 10.3 Å². The zero-order valence-corrected chi connectivity index (χ0v) is 15.9. The maximum absolute atomic E-state index is 13.3. The molecule has 1 amide bonds. The van der Waals surface area contributed by atoms with Gasteiger partial charge in [-0.1, -0.05) is 24.3 Å². The Kier molecular flexibility index (Phi) is 5.56. The van der Waals surface area contributed by atoms with Gasteiger partial charge in [-0.2, -0.15) is 0 Å². The van der Waals surface area contributed by atoms with Crippen LogP contribution in [-0.4, -0.2) is 53.0 Å². The minimum atomic E-state index is -0.646. The van der Waals surface area contributed by atoms with E-state index in [0.717, 1.165) is 11.1 Å². The van der Waals surface area contributed by atoms with Gasteiger partial charge in [0.15, 0.2) is 0 Å². The lowest BCUT2D eigenvalue weighted by atomic mass is 9.99. The molecule has 1 N–H and O–H groups in total. The van der Waals surface area contributed by atoms with Crippen LogP contribution in [0.5, 0.6) is 0 Å². The number of benzene rings is 1. The Morgan fingerprint density at radius 2 is 1.96 bits per heavy atom. The minimum Gasteiger partial charge on any atom is -0.458 e. The summed E-state index contributed by atoms with van der Waals surface area (Å²) in [6, 6.07) is 10.5. The molecule has 1 aliphatic rings. The van der Waals surface area contributed by atoms with Crippen LogP contribution < -0.4 is 5.32 Å². The number of aromatic nitrogens is 1. The summed E-state index contributed by atoms with van der Waals surface area (Å²) in [5.74, 6) is -0.561. The van der Waals surface area contributed by atoms with E-state index in [9.17, 15) is 9.59 Å². The first kappa shape index (κ1) is 19.0. The molecule has 0 radical (unpaired) electrons. The molecule has 2 heterocycles. The number of esters is 1. The molecule has 2 aromatic rings. The van der Waals surface area contributed by atoms with Crippen molar-refractivity contribution in [2.75, 3.05) is 19.6 Å². The maximum Gasteiger partial charge on any atom is 0.330 e. The molecular formula is C21H25N3O3. The number of nitrogens with zero attached hydrogens (tertiary/aromatic N) is 2. The van der Waals surface area contributed by atoms with E-state index in [-0.39, 0.29) is 11.9 Å². The van der Waals surface area contributed by atoms with Gasteiger partial charge >= 0.3 is 5.97 Å². The first-order valence-corrected chi connectivity index (χ1v) is 9.11. The molecule has 1 unspecified atom stereocenters. The normalized spacial score (nSPS) is 17.4. The quantitative estimate of drug-likeness (QED) is 0.844. The third-order valence-corrected chi connectivity index (χ3v) is 4.31. The predicted octanol–water partition coefficient (Wildman–Crippen LogP) is 2.50. The highest BCUT2D eigenvalue weighted by Crippen LogP contribution is 2.25. The van der Waals surface area contributed by atoms with Crippen molar-refractivity contribution in [3.63, 3.8) is 0 Å². The molecule has 0 bridgehead atoms. The van der Waals surface area contributed by atoms with Crippen molar-refractivity contribution >= 4 is 11.9 Å². The Morgan fingerprint density at radius 1 is 1.19 bits per heavy atom. The molecule has 1 aromatic carbocycles. The largest absolute Gasteiger partial charge is 0.458 e. The van der Waals surface area contributed by atoms with E-state index in [4.69, 9.17) is 4.74 Å². The number of pyridine rings is 1. The summed E-state index contributed by atoms with van der Waals surface area (Å²) in [6.07, 6.45) is 3.43. The fourth-order valence-corrected chi connectivity index (χ4v) is 3.13. The molecule has 27 heavy (non-hydrogen) atoms. The summed E-state index contributed by atoms with van der Waals surface area (Å²) in [5.41, 5.74) is 1.63. The molecule has 1 aliphatic heterocycles. The molecule has 0 saturated carbocycles. The smallest absolute Gasteiger partial charge is 0.330 e. The number of carbonyl (C=O) groups excluding carboxylic acids is 2. The number of hydrogen-bond acceptors (Lipinski definition) is 5. The third kappa shape index (κ3) is 4.52. The van der Waals surface area contributed by atoms with Gasteiger partial charge in [-0.25, -0.2) is 4.79 Å². The lowest BCUT2D eigenvalue weighted by Gasteiger charge is -2.36. The van der Waals surface area contributed by atoms with Crippen molar-refractivity contribution in [1.82, 2.24) is 15.2 Å². The lowest BCUT2D eigenvalue weighted by Crippen LogP contribution is -2.58. The highest BCUT2D eigenvalue weighted by atomic mass is 16.6. The summed E-state index contributed by atoms with van der Waals surface area (Å²) in [7, 11) is 0. The molecule has 1 atom stereocenters. The lowest BCUT2D eigenvalue weighted by molar-refractivity contribution is -0.161. The first-order valence-electron chi connectivity index (χ1n) is 9.11. The molecule has 6 heteroatoms. The zero-order chi connectivity index (χ0) is 19.4. The summed E-state index contributed by atoms with van der Waals surface area (Å²) in [4.78, 5) is 31.8. The van der Waals surface area contributed by atoms with Gasteiger partial charge in [-0.05, 0) is 38.5 Å². The van der Waals surface area contributed by atoms with Crippen LogP contribution in [0.2, 0.25) is 0 Å². The van der Waals surface area contributed by atoms with Crippen LogP contribution in [0.3, 0.4) is 0 Å². The topological polar surface area (TPSA) is 71.5 Å². The summed E-state index contributed by atoms with van der Waals surface area (Å²) >= 11 is 0. The summed E-state index contributed by atoms with van der Waals surface area (Å²) < 4.78 is 5.53. The van der Waals surface area contributed by atoms with E-state index >= 15 is 0 Å². The summed E-state index contributed by atoms with van der Waals surface area (Å²) in [5, 5.41) is 3.18. The Labute approximate surface area is 159 Å². The Balaban J connectivity index is 1.91. The number of amides is 1. The average Bonchev–Trinajstić information content (AvgIpc) is 2.67. The van der Waals surface area contributed by atoms with Crippen molar-refractivity contribution in [3.8, 4) is 11.1 Å². The SMILES string of the molecule is CC(C)(C)OC(=O)C1CNCCN1C(=O)c1ccccc1-c1cccnc1. The molecule has 6 nitrogen and oxygen atoms in total. The zero-order valence-electron chi connectivity index (χ0n) is 15.9. The highest BCUT2D eigenvalue weighted by molar-refractivity contribution is 6.02. The molecule has 1 saturated heterocycles. The number of rotatable bonds is 3. The van der Waals surface area contributed by atoms with Crippen molar-refractivity contribution in [3.05, 3.63) is 54.4 Å². The number of nitrogens with one attached hydrogen (secondary N) is 1. The monoisotopic (exact) mass is 367 g/mol. The van der Waals surface area contributed by atoms with Crippen LogP contribution in [0.25, 0.3) is 11.1 Å². The Hall–Kier alpha value is -2.73. The second-order valence-electron chi connectivity index (χ2n) is 7.54. The van der Waals surface area contributed by atoms with Gasteiger partial charge in [-0.15, -0.1) is 0 Å². The van der Waals surface area contributed by atoms with Gasteiger partial charge in [0.1, 0.15) is 11.6 Å². The van der Waals surface area contributed by atoms with E-state index in [1.165, 1.54) is 0 Å². The fraction of sp³-hybridized carbons (Fsp3) is 0.381. The molecule has 3 rings (SSSR count). The molecule has 0 aliphatic carbocycles. The Bertz CT molecular complexity index is 815. The average molecular weight is 367 g/mol. The van der Waals surface area contributed by atoms with Crippen LogP contribution in [-0.2, 0) is 9.53 Å². The Morgan fingerprint density at radius 3 is 2.67 bits per heavy atom. The van der Waals surface area contributed by atoms with Gasteiger partial charge in [0.05, 0.1) is 0 Å². The molecule has 0 spiro atoms. The molecule has 1 fully saturated rings. The second-order valence-corrected chi connectivity index (χ2v) is 7.54. The van der Waals surface area contributed by atoms with Gasteiger partial charge < -0.3 is 15.0 Å². The first-order chi connectivity index (χ1) is 12.9. The van der Waals surface area contributed by atoms with E-state index in [1.807, 2.05) is 51.1 Å². The number of piperazine rings is 1. The maximum atomic E-state index is 13.3. The minimum absolute atomic E-state index is 0.174. The van der Waals surface area contributed by atoms with Crippen LogP contribution >= 0.6 is 0 Å². The van der Waals surface area contributed by atoms with Crippen LogP contribution in [0.1, 0.15) is 31.1 Å². The van der Waals surface area contributed by atoms with Crippen LogP contribution in [0.4, 0.5) is 0 Å². The summed E-state index contributed by atoms with van der Waals surface area (Å²) in [6.45, 7) is 6.95. The van der Waals surface area contributed by atoms with Gasteiger partial charge in [0.2, 0.25) is 0 Å². The second kappa shape index (κ2) is 7.88. The van der Waals surface area contributed by atoms with Crippen molar-refractivity contribution < 1.29 is 14.3 Å². The third-order valence-electron chi connectivity index (χ3n) is 4.31. The van der Waals surface area contributed by atoms with E-state index in [0.29, 0.717) is 25.2 Å². The predicted molar refractivity (Wildman–Crippen MR) is 103 cm³/mol. The number of carbonyl (C=O) groups is 2. The number of ether oxygens (including phenoxy) is 1. The van der Waals surface area contributed by atoms with Crippen molar-refractivity contribution in [2.24, 2.45) is 0 Å². The molecule has 1 aromatic heterocycles. The van der Waals surface area contributed by atoms with Gasteiger partial charge in [0, 0.05) is 43.2 Å². The van der Waals surface area contributed by atoms with Gasteiger partial charge in [-0.3, -0.25) is 9.78 Å². The van der Waals surface area contributed by atoms with Crippen LogP contribution in [0.15, 0.2) is 48.8 Å². The van der Waals surface area contributed by atoms with Crippen molar-refractivity contribution in [2.45, 2.75) is 32.4 Å². The standard InChI is InChI=1S/C21H25N3O3/c1-21(2,3)27-20(26)18-14-23-11-12-24(18)19(25)17-9-5-4-8-16(17)15-7-6-10-22-13-15/h4-10,13,18,23H,11-12,14H2,1-3H3. The van der Waals surface area contributed by atoms with Crippen LogP contribution in [0, 0.1) is 0 Å². The highest BCUT2D eigenvalue weighted by Gasteiger charge is 2.36. The van der Waals surface area contributed by atoms with Crippen molar-refractivity contribution in [1.29, 1.82) is 0 Å². The fourth-order valence-electron chi connectivity index (χ4n) is 3.13. The number of hydrogen-bond donors (Lipinski definition) is 1. The molecule has 142 valence electrons. The molecular weight excluding hydrogens is 342 g/mol. The van der Waals surface area contributed by atoms with E-state index in [1.54, 1.807) is 23.4 Å².